The van der Waals surface area contributed by atoms with Crippen LogP contribution in [0.5, 0.6) is 0 Å². The van der Waals surface area contributed by atoms with Crippen molar-refractivity contribution >= 4 is 5.69 Å². The summed E-state index contributed by atoms with van der Waals surface area (Å²) in [7, 11) is 0. The Morgan fingerprint density at radius 1 is 0.875 bits per heavy atom. The lowest BCUT2D eigenvalue weighted by atomic mass is 10.2. The number of hydrogen-bond donors (Lipinski definition) is 1. The largest absolute Gasteiger partial charge is 0.369 e. The Kier molecular flexibility index (Phi) is 9.14. The molecular formula is C20H34FN3. The van der Waals surface area contributed by atoms with Crippen LogP contribution in [0.4, 0.5) is 10.1 Å². The summed E-state index contributed by atoms with van der Waals surface area (Å²) in [6, 6.07) is 6.88. The van der Waals surface area contributed by atoms with E-state index in [-0.39, 0.29) is 5.82 Å². The number of piperazine rings is 1. The van der Waals surface area contributed by atoms with E-state index >= 15 is 0 Å². The van der Waals surface area contributed by atoms with E-state index in [9.17, 15) is 4.39 Å². The standard InChI is InChI=1S/C20H34FN3/c1-2-3-5-12-22-13-6-4-7-14-23-15-17-24(18-16-23)20-10-8-19(21)9-11-20/h8-11,22H,2-7,12-18H2,1H3. The van der Waals surface area contributed by atoms with Crippen molar-refractivity contribution in [3.8, 4) is 0 Å². The van der Waals surface area contributed by atoms with Crippen molar-refractivity contribution in [2.24, 2.45) is 0 Å². The van der Waals surface area contributed by atoms with E-state index in [0.717, 1.165) is 31.9 Å². The molecule has 0 saturated carbocycles. The number of anilines is 1. The third kappa shape index (κ3) is 7.18. The second-order valence-corrected chi connectivity index (χ2v) is 6.82. The molecule has 1 heterocycles. The number of halogens is 1. The molecule has 1 aromatic rings. The van der Waals surface area contributed by atoms with E-state index in [0.29, 0.717) is 0 Å². The predicted octanol–water partition coefficient (Wildman–Crippen LogP) is 3.90. The molecule has 1 saturated heterocycles. The Balaban J connectivity index is 1.49. The lowest BCUT2D eigenvalue weighted by Gasteiger charge is -2.36. The van der Waals surface area contributed by atoms with Gasteiger partial charge in [-0.25, -0.2) is 4.39 Å². The van der Waals surface area contributed by atoms with Crippen LogP contribution in [0.25, 0.3) is 0 Å². The number of benzene rings is 1. The summed E-state index contributed by atoms with van der Waals surface area (Å²) < 4.78 is 13.0. The Bertz CT molecular complexity index is 427. The zero-order valence-electron chi connectivity index (χ0n) is 15.3. The van der Waals surface area contributed by atoms with Gasteiger partial charge >= 0.3 is 0 Å². The van der Waals surface area contributed by atoms with E-state index in [1.807, 2.05) is 12.1 Å². The molecule has 136 valence electrons. The van der Waals surface area contributed by atoms with Crippen LogP contribution in [0.1, 0.15) is 45.4 Å². The van der Waals surface area contributed by atoms with Crippen LogP contribution < -0.4 is 10.2 Å². The van der Waals surface area contributed by atoms with Gasteiger partial charge in [0.25, 0.3) is 0 Å². The van der Waals surface area contributed by atoms with Crippen molar-refractivity contribution in [3.05, 3.63) is 30.1 Å². The van der Waals surface area contributed by atoms with Crippen molar-refractivity contribution in [2.75, 3.05) is 50.7 Å². The van der Waals surface area contributed by atoms with Crippen LogP contribution >= 0.6 is 0 Å². The zero-order chi connectivity index (χ0) is 17.0. The monoisotopic (exact) mass is 335 g/mol. The molecule has 4 heteroatoms. The summed E-state index contributed by atoms with van der Waals surface area (Å²) in [5.74, 6) is -0.155. The highest BCUT2D eigenvalue weighted by molar-refractivity contribution is 5.46. The molecule has 2 rings (SSSR count). The normalized spacial score (nSPS) is 15.8. The number of unbranched alkanes of at least 4 members (excludes halogenated alkanes) is 4. The van der Waals surface area contributed by atoms with E-state index in [2.05, 4.69) is 22.0 Å². The van der Waals surface area contributed by atoms with Gasteiger partial charge in [-0.2, -0.15) is 0 Å². The summed E-state index contributed by atoms with van der Waals surface area (Å²) in [5.41, 5.74) is 1.14. The summed E-state index contributed by atoms with van der Waals surface area (Å²) in [4.78, 5) is 4.92. The maximum atomic E-state index is 13.0. The Labute approximate surface area is 147 Å². The topological polar surface area (TPSA) is 18.5 Å². The Morgan fingerprint density at radius 2 is 1.54 bits per heavy atom. The molecule has 0 aromatic heterocycles. The van der Waals surface area contributed by atoms with Gasteiger partial charge in [-0.3, -0.25) is 4.90 Å². The molecule has 1 aliphatic rings. The Morgan fingerprint density at radius 3 is 2.21 bits per heavy atom. The SMILES string of the molecule is CCCCCNCCCCCN1CCN(c2ccc(F)cc2)CC1. The number of rotatable bonds is 11. The zero-order valence-corrected chi connectivity index (χ0v) is 15.3. The lowest BCUT2D eigenvalue weighted by molar-refractivity contribution is 0.252. The van der Waals surface area contributed by atoms with Crippen molar-refractivity contribution in [2.45, 2.75) is 45.4 Å². The van der Waals surface area contributed by atoms with Crippen LogP contribution in [0.3, 0.4) is 0 Å². The van der Waals surface area contributed by atoms with Gasteiger partial charge in [0.15, 0.2) is 0 Å². The molecule has 3 nitrogen and oxygen atoms in total. The van der Waals surface area contributed by atoms with E-state index < -0.39 is 0 Å². The van der Waals surface area contributed by atoms with Gasteiger partial charge in [-0.15, -0.1) is 0 Å². The summed E-state index contributed by atoms with van der Waals surface area (Å²) in [6.07, 6.45) is 7.87. The van der Waals surface area contributed by atoms with Crippen LogP contribution in [-0.2, 0) is 0 Å². The second-order valence-electron chi connectivity index (χ2n) is 6.82. The molecule has 1 N–H and O–H groups in total. The second kappa shape index (κ2) is 11.4. The highest BCUT2D eigenvalue weighted by Crippen LogP contribution is 2.17. The van der Waals surface area contributed by atoms with Gasteiger partial charge in [0.05, 0.1) is 0 Å². The minimum atomic E-state index is -0.155. The summed E-state index contributed by atoms with van der Waals surface area (Å²) >= 11 is 0. The van der Waals surface area contributed by atoms with Gasteiger partial charge in [0, 0.05) is 31.9 Å². The first-order chi connectivity index (χ1) is 11.8. The number of hydrogen-bond acceptors (Lipinski definition) is 3. The predicted molar refractivity (Wildman–Crippen MR) is 101 cm³/mol. The molecule has 1 aromatic carbocycles. The fourth-order valence-corrected chi connectivity index (χ4v) is 3.27. The highest BCUT2D eigenvalue weighted by Gasteiger charge is 2.16. The molecule has 24 heavy (non-hydrogen) atoms. The first kappa shape index (κ1) is 19.2. The van der Waals surface area contributed by atoms with Crippen LogP contribution in [0, 0.1) is 5.82 Å². The number of nitrogens with one attached hydrogen (secondary N) is 1. The number of nitrogens with zero attached hydrogens (tertiary/aromatic N) is 2. The lowest BCUT2D eigenvalue weighted by Crippen LogP contribution is -2.46. The molecule has 0 atom stereocenters. The summed E-state index contributed by atoms with van der Waals surface area (Å²) in [6.45, 7) is 10.1. The minimum absolute atomic E-state index is 0.155. The van der Waals surface area contributed by atoms with Crippen molar-refractivity contribution in [1.29, 1.82) is 0 Å². The molecule has 0 unspecified atom stereocenters. The molecule has 1 aliphatic heterocycles. The third-order valence-electron chi connectivity index (χ3n) is 4.85. The van der Waals surface area contributed by atoms with Crippen LogP contribution in [0.2, 0.25) is 0 Å². The molecule has 0 aliphatic carbocycles. The quantitative estimate of drug-likeness (QED) is 0.619. The van der Waals surface area contributed by atoms with E-state index in [4.69, 9.17) is 0 Å². The Hall–Kier alpha value is -1.13. The van der Waals surface area contributed by atoms with E-state index in [1.54, 1.807) is 12.1 Å². The third-order valence-corrected chi connectivity index (χ3v) is 4.85. The minimum Gasteiger partial charge on any atom is -0.369 e. The fourth-order valence-electron chi connectivity index (χ4n) is 3.27. The average molecular weight is 336 g/mol. The molecule has 0 bridgehead atoms. The molecule has 0 radical (unpaired) electrons. The van der Waals surface area contributed by atoms with Gasteiger partial charge in [0.1, 0.15) is 5.82 Å². The van der Waals surface area contributed by atoms with Gasteiger partial charge in [-0.05, 0) is 63.2 Å². The summed E-state index contributed by atoms with van der Waals surface area (Å²) in [5, 5.41) is 3.54. The first-order valence-electron chi connectivity index (χ1n) is 9.73. The average Bonchev–Trinajstić information content (AvgIpc) is 2.62. The molecular weight excluding hydrogens is 301 g/mol. The van der Waals surface area contributed by atoms with Gasteiger partial charge < -0.3 is 10.2 Å². The van der Waals surface area contributed by atoms with Crippen molar-refractivity contribution in [3.63, 3.8) is 0 Å². The van der Waals surface area contributed by atoms with E-state index in [1.165, 1.54) is 58.2 Å². The maximum absolute atomic E-state index is 13.0. The van der Waals surface area contributed by atoms with Gasteiger partial charge in [0.2, 0.25) is 0 Å². The van der Waals surface area contributed by atoms with Crippen LogP contribution in [0.15, 0.2) is 24.3 Å². The van der Waals surface area contributed by atoms with Crippen molar-refractivity contribution in [1.82, 2.24) is 10.2 Å². The van der Waals surface area contributed by atoms with Crippen molar-refractivity contribution < 1.29 is 4.39 Å². The molecule has 0 amide bonds. The fraction of sp³-hybridized carbons (Fsp3) is 0.700. The highest BCUT2D eigenvalue weighted by atomic mass is 19.1. The van der Waals surface area contributed by atoms with Gasteiger partial charge in [-0.1, -0.05) is 26.2 Å². The first-order valence-corrected chi connectivity index (χ1v) is 9.73. The maximum Gasteiger partial charge on any atom is 0.123 e. The smallest absolute Gasteiger partial charge is 0.123 e. The molecule has 1 fully saturated rings. The van der Waals surface area contributed by atoms with Crippen LogP contribution in [-0.4, -0.2) is 50.7 Å². The molecule has 0 spiro atoms.